The van der Waals surface area contributed by atoms with E-state index in [4.69, 9.17) is 0 Å². The van der Waals surface area contributed by atoms with Crippen molar-refractivity contribution in [2.45, 2.75) is 46.2 Å². The fraction of sp³-hybridized carbons (Fsp3) is 0.500. The van der Waals surface area contributed by atoms with Gasteiger partial charge in [-0.25, -0.2) is 4.98 Å². The molecule has 5 heteroatoms. The summed E-state index contributed by atoms with van der Waals surface area (Å²) < 4.78 is 4.14. The molecule has 0 aliphatic heterocycles. The number of carbonyl (C=O) groups excluding carboxylic acids is 1. The first kappa shape index (κ1) is 15.4. The first-order chi connectivity index (χ1) is 9.99. The standard InChI is InChI=1S/C16H24N4O/c1-12(2)16-17-8-10-20(16)9-7-15(21)18-11-14-6-5-13(3)19(14)4/h5-6,8,10,12H,7,9,11H2,1-4H3,(H,18,21). The van der Waals surface area contributed by atoms with Gasteiger partial charge in [-0.2, -0.15) is 0 Å². The van der Waals surface area contributed by atoms with Gasteiger partial charge in [0.15, 0.2) is 0 Å². The van der Waals surface area contributed by atoms with Crippen molar-refractivity contribution in [1.29, 1.82) is 0 Å². The maximum absolute atomic E-state index is 12.0. The third kappa shape index (κ3) is 3.74. The molecule has 0 saturated heterocycles. The van der Waals surface area contributed by atoms with Crippen LogP contribution in [-0.2, 0) is 24.9 Å². The van der Waals surface area contributed by atoms with Crippen molar-refractivity contribution in [1.82, 2.24) is 19.4 Å². The van der Waals surface area contributed by atoms with Gasteiger partial charge in [0.2, 0.25) is 5.91 Å². The lowest BCUT2D eigenvalue weighted by molar-refractivity contribution is -0.121. The minimum absolute atomic E-state index is 0.0669. The van der Waals surface area contributed by atoms with Crippen LogP contribution in [0.2, 0.25) is 0 Å². The van der Waals surface area contributed by atoms with Gasteiger partial charge >= 0.3 is 0 Å². The molecule has 0 fully saturated rings. The summed E-state index contributed by atoms with van der Waals surface area (Å²) in [4.78, 5) is 16.3. The topological polar surface area (TPSA) is 51.9 Å². The monoisotopic (exact) mass is 288 g/mol. The predicted molar refractivity (Wildman–Crippen MR) is 82.9 cm³/mol. The molecule has 0 unspecified atom stereocenters. The summed E-state index contributed by atoms with van der Waals surface area (Å²) in [6.45, 7) is 7.51. The number of aryl methyl sites for hydroxylation is 2. The van der Waals surface area contributed by atoms with Crippen LogP contribution in [0, 0.1) is 6.92 Å². The Labute approximate surface area is 126 Å². The molecule has 21 heavy (non-hydrogen) atoms. The highest BCUT2D eigenvalue weighted by Crippen LogP contribution is 2.12. The molecule has 0 atom stereocenters. The third-order valence-electron chi connectivity index (χ3n) is 3.79. The van der Waals surface area contributed by atoms with E-state index in [0.29, 0.717) is 25.4 Å². The molecule has 2 heterocycles. The van der Waals surface area contributed by atoms with Gasteiger partial charge in [0.25, 0.3) is 0 Å². The molecule has 114 valence electrons. The van der Waals surface area contributed by atoms with Crippen LogP contribution in [0.4, 0.5) is 0 Å². The van der Waals surface area contributed by atoms with Gasteiger partial charge in [-0.15, -0.1) is 0 Å². The Balaban J connectivity index is 1.82. The number of imidazole rings is 1. The largest absolute Gasteiger partial charge is 0.350 e. The van der Waals surface area contributed by atoms with Crippen LogP contribution in [-0.4, -0.2) is 20.0 Å². The number of nitrogens with one attached hydrogen (secondary N) is 1. The Morgan fingerprint density at radius 3 is 2.76 bits per heavy atom. The molecule has 2 aromatic heterocycles. The van der Waals surface area contributed by atoms with Gasteiger partial charge in [-0.05, 0) is 19.1 Å². The number of amides is 1. The van der Waals surface area contributed by atoms with E-state index in [2.05, 4.69) is 46.3 Å². The van der Waals surface area contributed by atoms with E-state index >= 15 is 0 Å². The molecular formula is C16H24N4O. The van der Waals surface area contributed by atoms with Crippen molar-refractivity contribution >= 4 is 5.91 Å². The maximum atomic E-state index is 12.0. The Morgan fingerprint density at radius 1 is 1.38 bits per heavy atom. The number of hydrogen-bond donors (Lipinski definition) is 1. The molecule has 0 bridgehead atoms. The zero-order valence-electron chi connectivity index (χ0n) is 13.3. The number of hydrogen-bond acceptors (Lipinski definition) is 2. The summed E-state index contributed by atoms with van der Waals surface area (Å²) in [5.41, 5.74) is 2.31. The second-order valence-corrected chi connectivity index (χ2v) is 5.69. The molecule has 0 aromatic carbocycles. The van der Waals surface area contributed by atoms with E-state index in [-0.39, 0.29) is 5.91 Å². The molecule has 0 spiro atoms. The maximum Gasteiger partial charge on any atom is 0.222 e. The number of carbonyl (C=O) groups is 1. The second kappa shape index (κ2) is 6.61. The van der Waals surface area contributed by atoms with Gasteiger partial charge in [-0.3, -0.25) is 4.79 Å². The van der Waals surface area contributed by atoms with Crippen LogP contribution in [0.15, 0.2) is 24.5 Å². The number of rotatable bonds is 6. The van der Waals surface area contributed by atoms with Crippen LogP contribution in [0.5, 0.6) is 0 Å². The lowest BCUT2D eigenvalue weighted by Crippen LogP contribution is -2.25. The number of aromatic nitrogens is 3. The average Bonchev–Trinajstić information content (AvgIpc) is 3.03. The normalized spacial score (nSPS) is 11.1. The van der Waals surface area contributed by atoms with E-state index in [1.165, 1.54) is 5.69 Å². The van der Waals surface area contributed by atoms with E-state index < -0.39 is 0 Å². The van der Waals surface area contributed by atoms with Crippen LogP contribution in [0.3, 0.4) is 0 Å². The summed E-state index contributed by atoms with van der Waals surface area (Å²) in [5.74, 6) is 1.47. The Kier molecular flexibility index (Phi) is 4.83. The van der Waals surface area contributed by atoms with E-state index in [0.717, 1.165) is 11.5 Å². The minimum Gasteiger partial charge on any atom is -0.350 e. The molecule has 0 saturated carbocycles. The smallest absolute Gasteiger partial charge is 0.222 e. The van der Waals surface area contributed by atoms with E-state index in [1.54, 1.807) is 6.20 Å². The molecule has 0 aliphatic carbocycles. The fourth-order valence-electron chi connectivity index (χ4n) is 2.35. The van der Waals surface area contributed by atoms with Crippen LogP contribution >= 0.6 is 0 Å². The summed E-state index contributed by atoms with van der Waals surface area (Å²) in [6.07, 6.45) is 4.20. The van der Waals surface area contributed by atoms with Crippen molar-refractivity contribution in [2.24, 2.45) is 7.05 Å². The van der Waals surface area contributed by atoms with Crippen molar-refractivity contribution in [3.05, 3.63) is 41.7 Å². The molecule has 2 rings (SSSR count). The van der Waals surface area contributed by atoms with E-state index in [1.807, 2.05) is 19.3 Å². The van der Waals surface area contributed by atoms with Gasteiger partial charge in [0, 0.05) is 49.7 Å². The van der Waals surface area contributed by atoms with Crippen molar-refractivity contribution < 1.29 is 4.79 Å². The van der Waals surface area contributed by atoms with Crippen molar-refractivity contribution in [2.75, 3.05) is 0 Å². The third-order valence-corrected chi connectivity index (χ3v) is 3.79. The lowest BCUT2D eigenvalue weighted by atomic mass is 10.2. The second-order valence-electron chi connectivity index (χ2n) is 5.69. The summed E-state index contributed by atoms with van der Waals surface area (Å²) >= 11 is 0. The zero-order chi connectivity index (χ0) is 15.4. The average molecular weight is 288 g/mol. The molecule has 0 radical (unpaired) electrons. The van der Waals surface area contributed by atoms with Crippen molar-refractivity contribution in [3.63, 3.8) is 0 Å². The Hall–Kier alpha value is -2.04. The zero-order valence-corrected chi connectivity index (χ0v) is 13.3. The highest BCUT2D eigenvalue weighted by Gasteiger charge is 2.09. The van der Waals surface area contributed by atoms with Gasteiger partial charge in [0.1, 0.15) is 5.82 Å². The quantitative estimate of drug-likeness (QED) is 0.887. The molecule has 2 aromatic rings. The van der Waals surface area contributed by atoms with Crippen LogP contribution in [0.1, 0.15) is 43.4 Å². The predicted octanol–water partition coefficient (Wildman–Crippen LogP) is 2.36. The first-order valence-electron chi connectivity index (χ1n) is 7.38. The van der Waals surface area contributed by atoms with Gasteiger partial charge < -0.3 is 14.5 Å². The Morgan fingerprint density at radius 2 is 2.14 bits per heavy atom. The SMILES string of the molecule is Cc1ccc(CNC(=O)CCn2ccnc2C(C)C)n1C. The molecule has 1 N–H and O–H groups in total. The summed E-state index contributed by atoms with van der Waals surface area (Å²) in [6, 6.07) is 4.10. The lowest BCUT2D eigenvalue weighted by Gasteiger charge is -2.11. The van der Waals surface area contributed by atoms with E-state index in [9.17, 15) is 4.79 Å². The Bertz CT molecular complexity index is 610. The first-order valence-corrected chi connectivity index (χ1v) is 7.38. The van der Waals surface area contributed by atoms with Crippen LogP contribution in [0.25, 0.3) is 0 Å². The highest BCUT2D eigenvalue weighted by molar-refractivity contribution is 5.75. The van der Waals surface area contributed by atoms with Gasteiger partial charge in [-0.1, -0.05) is 13.8 Å². The van der Waals surface area contributed by atoms with Crippen LogP contribution < -0.4 is 5.32 Å². The van der Waals surface area contributed by atoms with Crippen molar-refractivity contribution in [3.8, 4) is 0 Å². The molecule has 1 amide bonds. The fourth-order valence-corrected chi connectivity index (χ4v) is 2.35. The number of nitrogens with zero attached hydrogens (tertiary/aromatic N) is 3. The highest BCUT2D eigenvalue weighted by atomic mass is 16.1. The molecule has 0 aliphatic rings. The minimum atomic E-state index is 0.0669. The summed E-state index contributed by atoms with van der Waals surface area (Å²) in [7, 11) is 2.01. The molecular weight excluding hydrogens is 264 g/mol. The summed E-state index contributed by atoms with van der Waals surface area (Å²) in [5, 5.41) is 2.97. The van der Waals surface area contributed by atoms with Gasteiger partial charge in [0.05, 0.1) is 6.54 Å². The molecule has 5 nitrogen and oxygen atoms in total.